The molecule has 0 saturated heterocycles. The Morgan fingerprint density at radius 3 is 1.50 bits per heavy atom. The summed E-state index contributed by atoms with van der Waals surface area (Å²) in [5.41, 5.74) is 8.99. The molecule has 3 aliphatic rings. The average Bonchev–Trinajstić information content (AvgIpc) is 3.72. The van der Waals surface area contributed by atoms with Gasteiger partial charge in [0, 0.05) is 82.5 Å². The second kappa shape index (κ2) is 8.92. The van der Waals surface area contributed by atoms with Gasteiger partial charge in [-0.2, -0.15) is 0 Å². The van der Waals surface area contributed by atoms with Crippen molar-refractivity contribution >= 4 is 23.3 Å². The van der Waals surface area contributed by atoms with E-state index in [4.69, 9.17) is 0 Å². The van der Waals surface area contributed by atoms with Gasteiger partial charge in [0.2, 0.25) is 0 Å². The highest BCUT2D eigenvalue weighted by molar-refractivity contribution is 5.82. The minimum absolute atomic E-state index is 0.873. The Morgan fingerprint density at radius 1 is 0.553 bits per heavy atom. The molecular weight excluding hydrogens is 468 g/mol. The van der Waals surface area contributed by atoms with Crippen molar-refractivity contribution in [2.24, 2.45) is 0 Å². The molecule has 0 unspecified atom stereocenters. The predicted octanol–water partition coefficient (Wildman–Crippen LogP) is 2.14. The van der Waals surface area contributed by atoms with Crippen molar-refractivity contribution in [3.8, 4) is 0 Å². The molecule has 7 rings (SSSR count). The Labute approximate surface area is 220 Å². The molecule has 38 heavy (non-hydrogen) atoms. The van der Waals surface area contributed by atoms with Crippen molar-refractivity contribution in [3.63, 3.8) is 0 Å². The van der Waals surface area contributed by atoms with Gasteiger partial charge in [-0.25, -0.2) is 0 Å². The van der Waals surface area contributed by atoms with Crippen LogP contribution in [0.2, 0.25) is 0 Å². The summed E-state index contributed by atoms with van der Waals surface area (Å²) in [6.07, 6.45) is 17.5. The zero-order valence-corrected chi connectivity index (χ0v) is 21.5. The Bertz CT molecular complexity index is 1770. The van der Waals surface area contributed by atoms with Gasteiger partial charge in [0.25, 0.3) is 0 Å². The Hall–Kier alpha value is -4.84. The Kier molecular flexibility index (Phi) is 5.25. The third-order valence-corrected chi connectivity index (χ3v) is 7.33. The quantitative estimate of drug-likeness (QED) is 0.342. The second-order valence-corrected chi connectivity index (χ2v) is 10.2. The molecule has 4 N–H and O–H groups in total. The van der Waals surface area contributed by atoms with E-state index in [1.807, 2.05) is 0 Å². The molecule has 4 aromatic heterocycles. The van der Waals surface area contributed by atoms with Crippen LogP contribution in [0, 0.1) is 0 Å². The van der Waals surface area contributed by atoms with E-state index in [0.717, 1.165) is 68.4 Å². The van der Waals surface area contributed by atoms with Gasteiger partial charge in [-0.05, 0) is 96.4 Å². The van der Waals surface area contributed by atoms with E-state index in [1.165, 1.54) is 11.1 Å². The van der Waals surface area contributed by atoms with E-state index in [-0.39, 0.29) is 0 Å². The number of allylic oxidation sites excluding steroid dienone is 4. The number of hydrogen-bond acceptors (Lipinski definition) is 2. The lowest BCUT2D eigenvalue weighted by atomic mass is 10.0. The zero-order valence-electron chi connectivity index (χ0n) is 21.5. The Balaban J connectivity index is 1.55. The SMILES string of the molecule is CN1C=CC(C2=c3ccc([nH]3)=C(C3=CCN(C)C=C3)c3ccc([nH]3)C=c3ccc([nH]3)=Cc3ccc2[nH]3)=CC1. The topological polar surface area (TPSA) is 69.6 Å². The third kappa shape index (κ3) is 4.10. The van der Waals surface area contributed by atoms with Gasteiger partial charge in [0.05, 0.1) is 0 Å². The summed E-state index contributed by atoms with van der Waals surface area (Å²) in [6.45, 7) is 1.75. The lowest BCUT2D eigenvalue weighted by Gasteiger charge is -2.19. The lowest BCUT2D eigenvalue weighted by molar-refractivity contribution is 0.503. The first kappa shape index (κ1) is 22.4. The van der Waals surface area contributed by atoms with Crippen LogP contribution in [0.1, 0.15) is 22.8 Å². The summed E-state index contributed by atoms with van der Waals surface area (Å²) in [7, 11) is 4.19. The molecule has 0 amide bonds. The fourth-order valence-electron chi connectivity index (χ4n) is 5.34. The molecule has 0 aliphatic carbocycles. The molecule has 188 valence electrons. The van der Waals surface area contributed by atoms with Crippen LogP contribution >= 0.6 is 0 Å². The van der Waals surface area contributed by atoms with Crippen LogP contribution in [0.15, 0.2) is 96.4 Å². The summed E-state index contributed by atoms with van der Waals surface area (Å²) < 4.78 is 0. The average molecular weight is 499 g/mol. The lowest BCUT2D eigenvalue weighted by Crippen LogP contribution is -2.21. The minimum atomic E-state index is 0.873. The standard InChI is InChI=1S/C32H30N6/c1-37-15-11-21(12-16-37)31-27-7-5-25(34-27)19-23-3-4-24(33-23)20-26-6-8-28(35-26)32(30-10-9-29(31)36-30)22-13-17-38(2)18-14-22/h3-15,17,19-20,33-36H,16,18H2,1-2H3. The van der Waals surface area contributed by atoms with Gasteiger partial charge < -0.3 is 29.7 Å². The van der Waals surface area contributed by atoms with Crippen molar-refractivity contribution in [2.45, 2.75) is 0 Å². The number of likely N-dealkylation sites (N-methyl/N-ethyl adjacent to an activating group) is 2. The Morgan fingerprint density at radius 2 is 1.05 bits per heavy atom. The van der Waals surface area contributed by atoms with E-state index in [2.05, 4.69) is 141 Å². The van der Waals surface area contributed by atoms with Crippen molar-refractivity contribution in [2.75, 3.05) is 27.2 Å². The summed E-state index contributed by atoms with van der Waals surface area (Å²) in [5, 5.41) is 4.27. The summed E-state index contributed by atoms with van der Waals surface area (Å²) in [4.78, 5) is 19.0. The first-order valence-electron chi connectivity index (χ1n) is 13.0. The molecule has 0 spiro atoms. The van der Waals surface area contributed by atoms with Crippen LogP contribution in [0.3, 0.4) is 0 Å². The molecule has 7 heterocycles. The van der Waals surface area contributed by atoms with Crippen LogP contribution in [0.5, 0.6) is 0 Å². The van der Waals surface area contributed by atoms with E-state index in [1.54, 1.807) is 0 Å². The highest BCUT2D eigenvalue weighted by Gasteiger charge is 2.16. The van der Waals surface area contributed by atoms with Crippen molar-refractivity contribution < 1.29 is 0 Å². The number of nitrogens with zero attached hydrogens (tertiary/aromatic N) is 2. The fraction of sp³-hybridized carbons (Fsp3) is 0.125. The molecule has 4 aromatic rings. The first-order chi connectivity index (χ1) is 18.6. The summed E-state index contributed by atoms with van der Waals surface area (Å²) >= 11 is 0. The number of aromatic amines is 4. The van der Waals surface area contributed by atoms with Gasteiger partial charge in [-0.15, -0.1) is 0 Å². The molecule has 0 radical (unpaired) electrons. The van der Waals surface area contributed by atoms with E-state index in [9.17, 15) is 0 Å². The molecule has 0 aromatic carbocycles. The molecule has 3 aliphatic heterocycles. The maximum absolute atomic E-state index is 3.79. The number of H-pyrrole nitrogens is 4. The molecule has 0 saturated carbocycles. The second-order valence-electron chi connectivity index (χ2n) is 10.2. The molecule has 0 fully saturated rings. The molecule has 0 atom stereocenters. The number of nitrogens with one attached hydrogen (secondary N) is 4. The summed E-state index contributed by atoms with van der Waals surface area (Å²) in [6, 6.07) is 17.3. The van der Waals surface area contributed by atoms with E-state index >= 15 is 0 Å². The zero-order chi connectivity index (χ0) is 25.6. The van der Waals surface area contributed by atoms with Crippen LogP contribution in [0.25, 0.3) is 23.3 Å². The van der Waals surface area contributed by atoms with Gasteiger partial charge in [0.1, 0.15) is 0 Å². The monoisotopic (exact) mass is 498 g/mol. The fourth-order valence-corrected chi connectivity index (χ4v) is 5.34. The first-order valence-corrected chi connectivity index (χ1v) is 13.0. The maximum atomic E-state index is 3.79. The normalized spacial score (nSPS) is 16.8. The predicted molar refractivity (Wildman–Crippen MR) is 154 cm³/mol. The van der Waals surface area contributed by atoms with Crippen molar-refractivity contribution in [3.05, 3.63) is 141 Å². The van der Waals surface area contributed by atoms with Gasteiger partial charge in [-0.3, -0.25) is 0 Å². The molecular formula is C32H30N6. The van der Waals surface area contributed by atoms with Crippen LogP contribution in [-0.2, 0) is 0 Å². The number of fused-ring (bicyclic) bond motifs is 8. The molecule has 6 heteroatoms. The van der Waals surface area contributed by atoms with Gasteiger partial charge in [-0.1, -0.05) is 12.2 Å². The largest absolute Gasteiger partial charge is 0.377 e. The third-order valence-electron chi connectivity index (χ3n) is 7.33. The van der Waals surface area contributed by atoms with Gasteiger partial charge >= 0.3 is 0 Å². The van der Waals surface area contributed by atoms with Crippen LogP contribution in [-0.4, -0.2) is 56.9 Å². The van der Waals surface area contributed by atoms with Crippen molar-refractivity contribution in [1.29, 1.82) is 0 Å². The highest BCUT2D eigenvalue weighted by Crippen LogP contribution is 2.25. The summed E-state index contributed by atoms with van der Waals surface area (Å²) in [5.74, 6) is 0. The number of aromatic nitrogens is 4. The van der Waals surface area contributed by atoms with E-state index in [0.29, 0.717) is 0 Å². The maximum Gasteiger partial charge on any atom is 0.0485 e. The smallest absolute Gasteiger partial charge is 0.0485 e. The number of hydrogen-bond donors (Lipinski definition) is 4. The van der Waals surface area contributed by atoms with Crippen molar-refractivity contribution in [1.82, 2.24) is 29.7 Å². The molecule has 8 bridgehead atoms. The molecule has 6 nitrogen and oxygen atoms in total. The van der Waals surface area contributed by atoms with E-state index < -0.39 is 0 Å². The minimum Gasteiger partial charge on any atom is -0.377 e. The highest BCUT2D eigenvalue weighted by atomic mass is 15.1. The van der Waals surface area contributed by atoms with Gasteiger partial charge in [0.15, 0.2) is 0 Å². The van der Waals surface area contributed by atoms with Crippen LogP contribution in [0.4, 0.5) is 0 Å². The number of rotatable bonds is 2. The van der Waals surface area contributed by atoms with Crippen LogP contribution < -0.4 is 21.4 Å².